The molecule has 1 aliphatic rings. The van der Waals surface area contributed by atoms with E-state index in [2.05, 4.69) is 10.3 Å². The Morgan fingerprint density at radius 1 is 1.42 bits per heavy atom. The maximum atomic E-state index is 12.9. The summed E-state index contributed by atoms with van der Waals surface area (Å²) in [5, 5.41) is 6.77. The minimum absolute atomic E-state index is 0.0286. The van der Waals surface area contributed by atoms with Crippen molar-refractivity contribution in [2.45, 2.75) is 24.9 Å². The maximum absolute atomic E-state index is 12.9. The van der Waals surface area contributed by atoms with Crippen LogP contribution in [0.15, 0.2) is 16.8 Å². The Bertz CT molecular complexity index is 894. The van der Waals surface area contributed by atoms with E-state index in [-0.39, 0.29) is 28.7 Å². The number of hydrogen-bond acceptors (Lipinski definition) is 6. The molecule has 2 aromatic rings. The summed E-state index contributed by atoms with van der Waals surface area (Å²) >= 11 is 0. The molecule has 1 fully saturated rings. The molecular formula is C13H12F3N3O4S. The Balaban J connectivity index is 2.11. The van der Waals surface area contributed by atoms with Crippen molar-refractivity contribution in [3.63, 3.8) is 0 Å². The number of carbonyl (C=O) groups is 1. The molecule has 1 saturated carbocycles. The Morgan fingerprint density at radius 2 is 2.08 bits per heavy atom. The molecule has 0 atom stereocenters. The van der Waals surface area contributed by atoms with Gasteiger partial charge >= 0.3 is 6.18 Å². The quantitative estimate of drug-likeness (QED) is 0.756. The van der Waals surface area contributed by atoms with Crippen molar-refractivity contribution in [2.75, 3.05) is 6.26 Å². The van der Waals surface area contributed by atoms with E-state index in [9.17, 15) is 26.4 Å². The van der Waals surface area contributed by atoms with Crippen LogP contribution in [0, 0.1) is 5.92 Å². The molecule has 3 rings (SSSR count). The molecule has 11 heteroatoms. The number of alkyl halides is 3. The first-order valence-electron chi connectivity index (χ1n) is 6.88. The molecule has 2 heterocycles. The maximum Gasteiger partial charge on any atom is 0.435 e. The normalized spacial score (nSPS) is 15.7. The van der Waals surface area contributed by atoms with E-state index >= 15 is 0 Å². The third kappa shape index (κ3) is 3.35. The van der Waals surface area contributed by atoms with Crippen LogP contribution in [0.25, 0.3) is 11.5 Å². The van der Waals surface area contributed by atoms with Crippen LogP contribution < -0.4 is 0 Å². The van der Waals surface area contributed by atoms with Gasteiger partial charge in [0.25, 0.3) is 0 Å². The average molecular weight is 363 g/mol. The molecule has 2 aromatic heterocycles. The zero-order chi connectivity index (χ0) is 17.7. The lowest BCUT2D eigenvalue weighted by molar-refractivity contribution is -0.141. The van der Waals surface area contributed by atoms with Crippen LogP contribution in [0.2, 0.25) is 0 Å². The molecule has 1 aliphatic carbocycles. The summed E-state index contributed by atoms with van der Waals surface area (Å²) in [6.45, 7) is 0. The average Bonchev–Trinajstić information content (AvgIpc) is 3.01. The molecule has 0 amide bonds. The fourth-order valence-corrected chi connectivity index (χ4v) is 2.86. The summed E-state index contributed by atoms with van der Waals surface area (Å²) in [5.74, 6) is -1.47. The fourth-order valence-electron chi connectivity index (χ4n) is 2.22. The SMILES string of the molecule is CS(=O)(=O)Cn1nc(C(F)(F)F)cc1-c1oncc1C(=O)C1CC1. The second-order valence-electron chi connectivity index (χ2n) is 5.67. The molecule has 0 radical (unpaired) electrons. The van der Waals surface area contributed by atoms with Crippen molar-refractivity contribution in [1.82, 2.24) is 14.9 Å². The highest BCUT2D eigenvalue weighted by molar-refractivity contribution is 7.89. The second-order valence-corrected chi connectivity index (χ2v) is 7.78. The van der Waals surface area contributed by atoms with Crippen LogP contribution >= 0.6 is 0 Å². The molecule has 0 aliphatic heterocycles. The summed E-state index contributed by atoms with van der Waals surface area (Å²) in [4.78, 5) is 12.2. The predicted octanol–water partition coefficient (Wildman–Crippen LogP) is 2.15. The summed E-state index contributed by atoms with van der Waals surface area (Å²) < 4.78 is 67.3. The molecule has 0 aromatic carbocycles. The first-order valence-corrected chi connectivity index (χ1v) is 8.94. The van der Waals surface area contributed by atoms with Crippen LogP contribution in [0.4, 0.5) is 13.2 Å². The van der Waals surface area contributed by atoms with Gasteiger partial charge in [-0.05, 0) is 18.9 Å². The number of carbonyl (C=O) groups excluding carboxylic acids is 1. The van der Waals surface area contributed by atoms with Crippen molar-refractivity contribution in [3.05, 3.63) is 23.5 Å². The Hall–Kier alpha value is -2.17. The van der Waals surface area contributed by atoms with E-state index in [0.717, 1.165) is 12.5 Å². The van der Waals surface area contributed by atoms with E-state index < -0.39 is 27.6 Å². The number of hydrogen-bond donors (Lipinski definition) is 0. The van der Waals surface area contributed by atoms with Gasteiger partial charge in [-0.2, -0.15) is 18.3 Å². The predicted molar refractivity (Wildman–Crippen MR) is 74.6 cm³/mol. The number of rotatable bonds is 5. The third-order valence-electron chi connectivity index (χ3n) is 3.44. The monoisotopic (exact) mass is 363 g/mol. The van der Waals surface area contributed by atoms with E-state index in [1.807, 2.05) is 0 Å². The first-order chi connectivity index (χ1) is 11.1. The fraction of sp³-hybridized carbons (Fsp3) is 0.462. The minimum atomic E-state index is -4.77. The van der Waals surface area contributed by atoms with E-state index in [4.69, 9.17) is 4.52 Å². The van der Waals surface area contributed by atoms with Gasteiger partial charge in [0.05, 0.1) is 11.8 Å². The third-order valence-corrected chi connectivity index (χ3v) is 4.16. The van der Waals surface area contributed by atoms with Crippen molar-refractivity contribution in [3.8, 4) is 11.5 Å². The zero-order valence-electron chi connectivity index (χ0n) is 12.4. The number of sulfone groups is 1. The highest BCUT2D eigenvalue weighted by Crippen LogP contribution is 2.37. The van der Waals surface area contributed by atoms with Gasteiger partial charge in [-0.15, -0.1) is 0 Å². The molecule has 24 heavy (non-hydrogen) atoms. The molecule has 0 spiro atoms. The van der Waals surface area contributed by atoms with Crippen molar-refractivity contribution < 1.29 is 30.9 Å². The summed E-state index contributed by atoms with van der Waals surface area (Å²) in [5.41, 5.74) is -1.50. The molecule has 0 saturated heterocycles. The largest absolute Gasteiger partial charge is 0.435 e. The van der Waals surface area contributed by atoms with Crippen LogP contribution in [0.5, 0.6) is 0 Å². The summed E-state index contributed by atoms with van der Waals surface area (Å²) in [6.07, 6.45) is -1.39. The van der Waals surface area contributed by atoms with Gasteiger partial charge < -0.3 is 4.52 Å². The summed E-state index contributed by atoms with van der Waals surface area (Å²) in [6, 6.07) is 0.648. The molecule has 0 N–H and O–H groups in total. The molecular weight excluding hydrogens is 351 g/mol. The van der Waals surface area contributed by atoms with Crippen molar-refractivity contribution >= 4 is 15.6 Å². The van der Waals surface area contributed by atoms with Gasteiger partial charge in [0, 0.05) is 12.2 Å². The lowest BCUT2D eigenvalue weighted by Gasteiger charge is -2.05. The lowest BCUT2D eigenvalue weighted by Crippen LogP contribution is -2.14. The van der Waals surface area contributed by atoms with Crippen LogP contribution in [0.1, 0.15) is 28.9 Å². The second kappa shape index (κ2) is 5.43. The number of aromatic nitrogens is 3. The number of ketones is 1. The smallest absolute Gasteiger partial charge is 0.354 e. The Morgan fingerprint density at radius 3 is 2.62 bits per heavy atom. The molecule has 7 nitrogen and oxygen atoms in total. The highest BCUT2D eigenvalue weighted by Gasteiger charge is 2.38. The molecule has 130 valence electrons. The minimum Gasteiger partial charge on any atom is -0.354 e. The number of Topliss-reactive ketones (excluding diaryl/α,β-unsaturated/α-hetero) is 1. The van der Waals surface area contributed by atoms with Gasteiger partial charge in [0.15, 0.2) is 27.1 Å². The van der Waals surface area contributed by atoms with Gasteiger partial charge in [-0.25, -0.2) is 13.1 Å². The van der Waals surface area contributed by atoms with E-state index in [0.29, 0.717) is 23.6 Å². The Labute approximate surface area is 134 Å². The zero-order valence-corrected chi connectivity index (χ0v) is 13.2. The van der Waals surface area contributed by atoms with Crippen LogP contribution in [-0.2, 0) is 21.9 Å². The number of nitrogens with zero attached hydrogens (tertiary/aromatic N) is 3. The lowest BCUT2D eigenvalue weighted by atomic mass is 10.1. The van der Waals surface area contributed by atoms with E-state index in [1.54, 1.807) is 0 Å². The van der Waals surface area contributed by atoms with Gasteiger partial charge in [-0.1, -0.05) is 5.16 Å². The Kier molecular flexibility index (Phi) is 3.78. The van der Waals surface area contributed by atoms with Gasteiger partial charge in [0.2, 0.25) is 0 Å². The summed E-state index contributed by atoms with van der Waals surface area (Å²) in [7, 11) is -3.67. The van der Waals surface area contributed by atoms with Crippen LogP contribution in [-0.4, -0.2) is 35.4 Å². The van der Waals surface area contributed by atoms with E-state index in [1.165, 1.54) is 0 Å². The van der Waals surface area contributed by atoms with Gasteiger partial charge in [0.1, 0.15) is 11.6 Å². The first kappa shape index (κ1) is 16.7. The topological polar surface area (TPSA) is 95.1 Å². The van der Waals surface area contributed by atoms with Crippen LogP contribution in [0.3, 0.4) is 0 Å². The van der Waals surface area contributed by atoms with Crippen molar-refractivity contribution in [2.24, 2.45) is 5.92 Å². The van der Waals surface area contributed by atoms with Crippen molar-refractivity contribution in [1.29, 1.82) is 0 Å². The molecule has 0 bridgehead atoms. The van der Waals surface area contributed by atoms with Gasteiger partial charge in [-0.3, -0.25) is 4.79 Å². The molecule has 0 unspecified atom stereocenters. The highest BCUT2D eigenvalue weighted by atomic mass is 32.2. The number of halogens is 3. The standard InChI is InChI=1S/C13H12F3N3O4S/c1-24(21,22)6-19-9(4-10(18-19)13(14,15)16)12-8(5-17-23-12)11(20)7-2-3-7/h4-5,7H,2-3,6H2,1H3.